The van der Waals surface area contributed by atoms with E-state index in [-0.39, 0.29) is 5.56 Å². The minimum Gasteiger partial charge on any atom is -0.452 e. The fourth-order valence-electron chi connectivity index (χ4n) is 2.83. The fraction of sp³-hybridized carbons (Fsp3) is 0.500. The number of nitrogens with zero attached hydrogens (tertiary/aromatic N) is 1. The maximum absolute atomic E-state index is 12.2. The van der Waals surface area contributed by atoms with Crippen molar-refractivity contribution in [3.8, 4) is 0 Å². The number of sulfonamides is 1. The summed E-state index contributed by atoms with van der Waals surface area (Å²) in [5.41, 5.74) is 1.49. The van der Waals surface area contributed by atoms with Crippen LogP contribution in [0, 0.1) is 0 Å². The number of anilines is 1. The van der Waals surface area contributed by atoms with Crippen molar-refractivity contribution >= 4 is 33.6 Å². The van der Waals surface area contributed by atoms with E-state index in [1.54, 1.807) is 12.1 Å². The third-order valence-corrected chi connectivity index (χ3v) is 5.37. The number of nitrogens with one attached hydrogen (secondary N) is 2. The number of carbonyl (C=O) groups is 3. The van der Waals surface area contributed by atoms with Gasteiger partial charge >= 0.3 is 12.0 Å². The van der Waals surface area contributed by atoms with Gasteiger partial charge in [0.25, 0.3) is 5.91 Å². The number of fused-ring (bicyclic) bond motifs is 1. The Morgan fingerprint density at radius 3 is 2.68 bits per heavy atom. The number of hydrogen-bond acceptors (Lipinski definition) is 6. The number of benzene rings is 1. The van der Waals surface area contributed by atoms with Crippen LogP contribution in [0.4, 0.5) is 10.5 Å². The molecule has 154 valence electrons. The first-order chi connectivity index (χ1) is 13.2. The standard InChI is InChI=1S/C18H25N3O6S/c1-3-4-9-19-18(24)20-16(22)12-27-17(23)14-7-8-15-13(11-14)6-5-10-21(15)28(2,25)26/h7-8,11H,3-6,9-10,12H2,1-2H3,(H2,19,20,22,24). The lowest BCUT2D eigenvalue weighted by Gasteiger charge is -2.29. The van der Waals surface area contributed by atoms with Crippen molar-refractivity contribution in [1.29, 1.82) is 0 Å². The van der Waals surface area contributed by atoms with Gasteiger partial charge in [0.15, 0.2) is 6.61 Å². The first kappa shape index (κ1) is 21.7. The second-order valence-electron chi connectivity index (χ2n) is 6.52. The Hall–Kier alpha value is -2.62. The quantitative estimate of drug-likeness (QED) is 0.513. The van der Waals surface area contributed by atoms with Gasteiger partial charge in [0.2, 0.25) is 10.0 Å². The van der Waals surface area contributed by atoms with Crippen molar-refractivity contribution in [2.24, 2.45) is 0 Å². The molecule has 0 radical (unpaired) electrons. The van der Waals surface area contributed by atoms with Gasteiger partial charge in [-0.05, 0) is 43.0 Å². The Morgan fingerprint density at radius 2 is 2.00 bits per heavy atom. The third-order valence-electron chi connectivity index (χ3n) is 4.19. The van der Waals surface area contributed by atoms with Crippen molar-refractivity contribution in [2.75, 3.05) is 30.3 Å². The van der Waals surface area contributed by atoms with E-state index in [1.165, 1.54) is 10.4 Å². The van der Waals surface area contributed by atoms with E-state index in [0.717, 1.165) is 24.7 Å². The molecule has 0 aliphatic carbocycles. The predicted octanol–water partition coefficient (Wildman–Crippen LogP) is 1.18. The van der Waals surface area contributed by atoms with Crippen molar-refractivity contribution < 1.29 is 27.5 Å². The smallest absolute Gasteiger partial charge is 0.338 e. The summed E-state index contributed by atoms with van der Waals surface area (Å²) in [6.45, 7) is 2.24. The van der Waals surface area contributed by atoms with Crippen LogP contribution in [0.25, 0.3) is 0 Å². The molecule has 0 bridgehead atoms. The number of carbonyl (C=O) groups excluding carboxylic acids is 3. The van der Waals surface area contributed by atoms with E-state index in [9.17, 15) is 22.8 Å². The zero-order chi connectivity index (χ0) is 20.7. The number of esters is 1. The van der Waals surface area contributed by atoms with Gasteiger partial charge in [0.05, 0.1) is 17.5 Å². The van der Waals surface area contributed by atoms with E-state index in [0.29, 0.717) is 31.6 Å². The summed E-state index contributed by atoms with van der Waals surface area (Å²) < 4.78 is 30.0. The zero-order valence-electron chi connectivity index (χ0n) is 16.0. The number of ether oxygens (including phenoxy) is 1. The Morgan fingerprint density at radius 1 is 1.25 bits per heavy atom. The molecule has 0 fully saturated rings. The number of urea groups is 1. The molecule has 2 N–H and O–H groups in total. The Balaban J connectivity index is 1.93. The molecule has 9 nitrogen and oxygen atoms in total. The van der Waals surface area contributed by atoms with Gasteiger partial charge < -0.3 is 10.1 Å². The summed E-state index contributed by atoms with van der Waals surface area (Å²) in [4.78, 5) is 35.3. The molecule has 1 heterocycles. The number of aryl methyl sites for hydroxylation is 1. The summed E-state index contributed by atoms with van der Waals surface area (Å²) >= 11 is 0. The lowest BCUT2D eigenvalue weighted by atomic mass is 10.0. The highest BCUT2D eigenvalue weighted by molar-refractivity contribution is 7.92. The lowest BCUT2D eigenvalue weighted by molar-refractivity contribution is -0.123. The van der Waals surface area contributed by atoms with Gasteiger partial charge in [-0.2, -0.15) is 0 Å². The SMILES string of the molecule is CCCCNC(=O)NC(=O)COC(=O)c1ccc2c(c1)CCCN2S(C)(=O)=O. The van der Waals surface area contributed by atoms with Crippen LogP contribution in [-0.4, -0.2) is 52.3 Å². The second kappa shape index (κ2) is 9.54. The molecule has 1 aromatic rings. The monoisotopic (exact) mass is 411 g/mol. The highest BCUT2D eigenvalue weighted by atomic mass is 32.2. The molecule has 1 aromatic carbocycles. The predicted molar refractivity (Wildman–Crippen MR) is 104 cm³/mol. The van der Waals surface area contributed by atoms with Crippen LogP contribution in [0.1, 0.15) is 42.1 Å². The molecule has 0 saturated heterocycles. The number of rotatable bonds is 7. The van der Waals surface area contributed by atoms with Gasteiger partial charge in [-0.25, -0.2) is 18.0 Å². The van der Waals surface area contributed by atoms with Gasteiger partial charge in [0.1, 0.15) is 0 Å². The fourth-order valence-corrected chi connectivity index (χ4v) is 3.83. The highest BCUT2D eigenvalue weighted by Crippen LogP contribution is 2.30. The largest absolute Gasteiger partial charge is 0.452 e. The van der Waals surface area contributed by atoms with Crippen LogP contribution in [0.3, 0.4) is 0 Å². The van der Waals surface area contributed by atoms with E-state index >= 15 is 0 Å². The lowest BCUT2D eigenvalue weighted by Crippen LogP contribution is -2.41. The summed E-state index contributed by atoms with van der Waals surface area (Å²) in [7, 11) is -3.39. The molecule has 0 aromatic heterocycles. The number of hydrogen-bond donors (Lipinski definition) is 2. The Bertz CT molecular complexity index is 853. The molecule has 10 heteroatoms. The summed E-state index contributed by atoms with van der Waals surface area (Å²) in [5.74, 6) is -1.45. The Labute approximate surface area is 164 Å². The molecule has 28 heavy (non-hydrogen) atoms. The molecule has 0 spiro atoms. The molecule has 0 atom stereocenters. The van der Waals surface area contributed by atoms with Crippen LogP contribution in [0.15, 0.2) is 18.2 Å². The van der Waals surface area contributed by atoms with Crippen LogP contribution < -0.4 is 14.9 Å². The summed E-state index contributed by atoms with van der Waals surface area (Å²) in [6.07, 6.45) is 4.14. The Kier molecular flexibility index (Phi) is 7.38. The minimum absolute atomic E-state index is 0.217. The minimum atomic E-state index is -3.39. The van der Waals surface area contributed by atoms with Crippen LogP contribution in [0.5, 0.6) is 0 Å². The van der Waals surface area contributed by atoms with Crippen LogP contribution in [-0.2, 0) is 26.0 Å². The third kappa shape index (κ3) is 5.95. The molecular weight excluding hydrogens is 386 g/mol. The average molecular weight is 411 g/mol. The number of imide groups is 1. The molecular formula is C18H25N3O6S. The maximum atomic E-state index is 12.2. The maximum Gasteiger partial charge on any atom is 0.338 e. The van der Waals surface area contributed by atoms with Crippen molar-refractivity contribution in [1.82, 2.24) is 10.6 Å². The molecule has 3 amide bonds. The summed E-state index contributed by atoms with van der Waals surface area (Å²) in [5, 5.41) is 4.60. The number of unbranched alkanes of at least 4 members (excludes halogenated alkanes) is 1. The number of amides is 3. The highest BCUT2D eigenvalue weighted by Gasteiger charge is 2.25. The van der Waals surface area contributed by atoms with E-state index in [2.05, 4.69) is 10.6 Å². The molecule has 0 unspecified atom stereocenters. The normalized spacial score (nSPS) is 13.4. The van der Waals surface area contributed by atoms with E-state index in [1.807, 2.05) is 6.92 Å². The van der Waals surface area contributed by atoms with E-state index in [4.69, 9.17) is 4.74 Å². The van der Waals surface area contributed by atoms with Crippen molar-refractivity contribution in [2.45, 2.75) is 32.6 Å². The topological polar surface area (TPSA) is 122 Å². The first-order valence-electron chi connectivity index (χ1n) is 9.07. The van der Waals surface area contributed by atoms with Gasteiger partial charge in [-0.1, -0.05) is 13.3 Å². The van der Waals surface area contributed by atoms with E-state index < -0.39 is 34.5 Å². The van der Waals surface area contributed by atoms with Gasteiger partial charge in [-0.3, -0.25) is 14.4 Å². The average Bonchev–Trinajstić information content (AvgIpc) is 2.64. The molecule has 1 aliphatic rings. The van der Waals surface area contributed by atoms with Crippen LogP contribution >= 0.6 is 0 Å². The first-order valence-corrected chi connectivity index (χ1v) is 10.9. The molecule has 1 aliphatic heterocycles. The van der Waals surface area contributed by atoms with Crippen molar-refractivity contribution in [3.05, 3.63) is 29.3 Å². The zero-order valence-corrected chi connectivity index (χ0v) is 16.8. The summed E-state index contributed by atoms with van der Waals surface area (Å²) in [6, 6.07) is 3.96. The molecule has 0 saturated carbocycles. The van der Waals surface area contributed by atoms with Gasteiger partial charge in [-0.15, -0.1) is 0 Å². The van der Waals surface area contributed by atoms with Crippen LogP contribution in [0.2, 0.25) is 0 Å². The molecule has 2 rings (SSSR count). The van der Waals surface area contributed by atoms with Crippen molar-refractivity contribution in [3.63, 3.8) is 0 Å². The van der Waals surface area contributed by atoms with Gasteiger partial charge in [0, 0.05) is 13.1 Å². The second-order valence-corrected chi connectivity index (χ2v) is 8.42.